The lowest BCUT2D eigenvalue weighted by Crippen LogP contribution is -2.26. The molecule has 1 aromatic rings. The minimum Gasteiger partial charge on any atom is -0.494 e. The van der Waals surface area contributed by atoms with Crippen LogP contribution in [0.15, 0.2) is 24.3 Å². The molecule has 1 atom stereocenters. The summed E-state index contributed by atoms with van der Waals surface area (Å²) in [6, 6.07) is 7.39. The molecule has 1 amide bonds. The summed E-state index contributed by atoms with van der Waals surface area (Å²) in [7, 11) is 1.35. The Balaban J connectivity index is 1.98. The number of esters is 1. The summed E-state index contributed by atoms with van der Waals surface area (Å²) in [6.45, 7) is 3.19. The molecule has 0 spiro atoms. The molecule has 0 unspecified atom stereocenters. The number of carbonyl (C=O) groups excluding carboxylic acids is 2. The quantitative estimate of drug-likeness (QED) is 0.596. The Bertz CT molecular complexity index is 498. The van der Waals surface area contributed by atoms with Crippen LogP contribution >= 0.6 is 0 Å². The van der Waals surface area contributed by atoms with Crippen molar-refractivity contribution in [2.75, 3.05) is 25.2 Å². The lowest BCUT2D eigenvalue weighted by Gasteiger charge is -2.17. The van der Waals surface area contributed by atoms with Gasteiger partial charge in [-0.25, -0.2) is 0 Å². The first-order valence-electron chi connectivity index (χ1n) is 7.26. The van der Waals surface area contributed by atoms with Gasteiger partial charge in [-0.3, -0.25) is 9.59 Å². The number of methoxy groups -OCH3 is 1. The summed E-state index contributed by atoms with van der Waals surface area (Å²) in [5.41, 5.74) is 0.786. The molecule has 21 heavy (non-hydrogen) atoms. The molecular weight excluding hydrogens is 270 g/mol. The van der Waals surface area contributed by atoms with Crippen molar-refractivity contribution in [2.45, 2.75) is 26.2 Å². The molecule has 5 nitrogen and oxygen atoms in total. The molecule has 1 aromatic carbocycles. The van der Waals surface area contributed by atoms with E-state index in [2.05, 4.69) is 6.92 Å². The monoisotopic (exact) mass is 291 g/mol. The molecule has 2 rings (SSSR count). The molecule has 0 N–H and O–H groups in total. The number of unbranched alkanes of at least 4 members (excludes halogenated alkanes) is 1. The molecule has 114 valence electrons. The topological polar surface area (TPSA) is 55.8 Å². The van der Waals surface area contributed by atoms with E-state index in [-0.39, 0.29) is 24.2 Å². The van der Waals surface area contributed by atoms with Gasteiger partial charge in [0.05, 0.1) is 19.6 Å². The van der Waals surface area contributed by atoms with Crippen LogP contribution in [0.3, 0.4) is 0 Å². The number of anilines is 1. The third-order valence-electron chi connectivity index (χ3n) is 3.57. The second kappa shape index (κ2) is 7.11. The Morgan fingerprint density at radius 1 is 1.33 bits per heavy atom. The van der Waals surface area contributed by atoms with E-state index >= 15 is 0 Å². The van der Waals surface area contributed by atoms with Crippen LogP contribution < -0.4 is 9.64 Å². The summed E-state index contributed by atoms with van der Waals surface area (Å²) in [5, 5.41) is 0. The Kier molecular flexibility index (Phi) is 5.20. The van der Waals surface area contributed by atoms with Crippen LogP contribution in [0.5, 0.6) is 5.75 Å². The van der Waals surface area contributed by atoms with Crippen molar-refractivity contribution >= 4 is 17.6 Å². The van der Waals surface area contributed by atoms with Gasteiger partial charge in [0, 0.05) is 18.7 Å². The number of rotatable bonds is 6. The zero-order valence-electron chi connectivity index (χ0n) is 12.5. The minimum absolute atomic E-state index is 0.0509. The largest absolute Gasteiger partial charge is 0.494 e. The van der Waals surface area contributed by atoms with Crippen LogP contribution in [0.25, 0.3) is 0 Å². The first-order chi connectivity index (χ1) is 10.2. The number of carbonyl (C=O) groups is 2. The standard InChI is InChI=1S/C16H21NO4/c1-3-4-9-21-14-7-5-13(6-8-14)17-11-12(10-15(17)18)16(19)20-2/h5-8,12H,3-4,9-11H2,1-2H3/t12-/m0/s1. The predicted molar refractivity (Wildman–Crippen MR) is 79.3 cm³/mol. The lowest BCUT2D eigenvalue weighted by atomic mass is 10.1. The van der Waals surface area contributed by atoms with E-state index in [1.807, 2.05) is 24.3 Å². The van der Waals surface area contributed by atoms with Gasteiger partial charge in [0.25, 0.3) is 0 Å². The number of hydrogen-bond donors (Lipinski definition) is 0. The molecule has 0 bridgehead atoms. The fourth-order valence-corrected chi connectivity index (χ4v) is 2.34. The third kappa shape index (κ3) is 3.74. The summed E-state index contributed by atoms with van der Waals surface area (Å²) in [4.78, 5) is 25.1. The average Bonchev–Trinajstić information content (AvgIpc) is 2.89. The molecular formula is C16H21NO4. The Labute approximate surface area is 124 Å². The number of ether oxygens (including phenoxy) is 2. The second-order valence-electron chi connectivity index (χ2n) is 5.12. The van der Waals surface area contributed by atoms with Gasteiger partial charge >= 0.3 is 5.97 Å². The highest BCUT2D eigenvalue weighted by Gasteiger charge is 2.35. The highest BCUT2D eigenvalue weighted by molar-refractivity contribution is 5.99. The van der Waals surface area contributed by atoms with Crippen molar-refractivity contribution in [1.82, 2.24) is 0 Å². The van der Waals surface area contributed by atoms with Crippen LogP contribution in [0, 0.1) is 5.92 Å². The van der Waals surface area contributed by atoms with Crippen LogP contribution in [0.1, 0.15) is 26.2 Å². The predicted octanol–water partition coefficient (Wildman–Crippen LogP) is 2.39. The number of hydrogen-bond acceptors (Lipinski definition) is 4. The third-order valence-corrected chi connectivity index (χ3v) is 3.57. The van der Waals surface area contributed by atoms with E-state index in [9.17, 15) is 9.59 Å². The van der Waals surface area contributed by atoms with Gasteiger partial charge < -0.3 is 14.4 Å². The molecule has 1 aliphatic rings. The van der Waals surface area contributed by atoms with Crippen LogP contribution in [0.2, 0.25) is 0 Å². The molecule has 0 saturated carbocycles. The SMILES string of the molecule is CCCCOc1ccc(N2C[C@@H](C(=O)OC)CC2=O)cc1. The van der Waals surface area contributed by atoms with Gasteiger partial charge in [-0.05, 0) is 30.7 Å². The van der Waals surface area contributed by atoms with E-state index in [0.29, 0.717) is 13.2 Å². The van der Waals surface area contributed by atoms with Gasteiger partial charge in [-0.15, -0.1) is 0 Å². The zero-order valence-corrected chi connectivity index (χ0v) is 12.5. The first-order valence-corrected chi connectivity index (χ1v) is 7.26. The Morgan fingerprint density at radius 2 is 2.05 bits per heavy atom. The lowest BCUT2D eigenvalue weighted by molar-refractivity contribution is -0.145. The second-order valence-corrected chi connectivity index (χ2v) is 5.12. The molecule has 1 fully saturated rings. The van der Waals surface area contributed by atoms with Crippen molar-refractivity contribution in [1.29, 1.82) is 0 Å². The molecule has 0 aliphatic carbocycles. The fraction of sp³-hybridized carbons (Fsp3) is 0.500. The molecule has 5 heteroatoms. The van der Waals surface area contributed by atoms with Gasteiger partial charge in [-0.1, -0.05) is 13.3 Å². The van der Waals surface area contributed by atoms with E-state index < -0.39 is 0 Å². The van der Waals surface area contributed by atoms with Crippen molar-refractivity contribution in [2.24, 2.45) is 5.92 Å². The first kappa shape index (κ1) is 15.4. The summed E-state index contributed by atoms with van der Waals surface area (Å²) in [5.74, 6) is 0.0433. The van der Waals surface area contributed by atoms with E-state index in [0.717, 1.165) is 24.3 Å². The fourth-order valence-electron chi connectivity index (χ4n) is 2.34. The summed E-state index contributed by atoms with van der Waals surface area (Å²) in [6.07, 6.45) is 2.32. The van der Waals surface area contributed by atoms with Crippen molar-refractivity contribution in [3.8, 4) is 5.75 Å². The summed E-state index contributed by atoms with van der Waals surface area (Å²) < 4.78 is 10.3. The van der Waals surface area contributed by atoms with Gasteiger partial charge in [0.2, 0.25) is 5.91 Å². The van der Waals surface area contributed by atoms with E-state index in [1.165, 1.54) is 7.11 Å². The smallest absolute Gasteiger partial charge is 0.311 e. The van der Waals surface area contributed by atoms with E-state index in [1.54, 1.807) is 4.90 Å². The highest BCUT2D eigenvalue weighted by Crippen LogP contribution is 2.27. The highest BCUT2D eigenvalue weighted by atomic mass is 16.5. The van der Waals surface area contributed by atoms with Crippen molar-refractivity contribution < 1.29 is 19.1 Å². The van der Waals surface area contributed by atoms with Gasteiger partial charge in [-0.2, -0.15) is 0 Å². The maximum Gasteiger partial charge on any atom is 0.311 e. The van der Waals surface area contributed by atoms with Gasteiger partial charge in [0.15, 0.2) is 0 Å². The molecule has 1 aliphatic heterocycles. The van der Waals surface area contributed by atoms with Gasteiger partial charge in [0.1, 0.15) is 5.75 Å². The van der Waals surface area contributed by atoms with Crippen molar-refractivity contribution in [3.63, 3.8) is 0 Å². The molecule has 1 saturated heterocycles. The molecule has 0 aromatic heterocycles. The maximum absolute atomic E-state index is 12.0. The van der Waals surface area contributed by atoms with Crippen molar-refractivity contribution in [3.05, 3.63) is 24.3 Å². The van der Waals surface area contributed by atoms with Crippen LogP contribution in [-0.2, 0) is 14.3 Å². The Hall–Kier alpha value is -2.04. The number of amides is 1. The number of nitrogens with zero attached hydrogens (tertiary/aromatic N) is 1. The zero-order chi connectivity index (χ0) is 15.2. The molecule has 0 radical (unpaired) electrons. The average molecular weight is 291 g/mol. The van der Waals surface area contributed by atoms with Crippen LogP contribution in [-0.4, -0.2) is 32.1 Å². The number of benzene rings is 1. The normalized spacial score (nSPS) is 17.9. The van der Waals surface area contributed by atoms with E-state index in [4.69, 9.17) is 9.47 Å². The minimum atomic E-state index is -0.372. The maximum atomic E-state index is 12.0. The Morgan fingerprint density at radius 3 is 2.67 bits per heavy atom. The summed E-state index contributed by atoms with van der Waals surface area (Å²) >= 11 is 0. The molecule has 1 heterocycles. The van der Waals surface area contributed by atoms with Crippen LogP contribution in [0.4, 0.5) is 5.69 Å².